The Morgan fingerprint density at radius 1 is 1.38 bits per heavy atom. The van der Waals surface area contributed by atoms with Crippen LogP contribution in [0.2, 0.25) is 0 Å². The Morgan fingerprint density at radius 3 is 2.57 bits per heavy atom. The predicted octanol–water partition coefficient (Wildman–Crippen LogP) is 1.47. The molecule has 0 spiro atoms. The first-order valence-corrected chi connectivity index (χ1v) is 6.84. The maximum atomic E-state index is 12.2. The van der Waals surface area contributed by atoms with Crippen LogP contribution in [0.3, 0.4) is 0 Å². The van der Waals surface area contributed by atoms with Crippen LogP contribution < -0.4 is 0 Å². The van der Waals surface area contributed by atoms with Gasteiger partial charge < -0.3 is 14.2 Å². The third-order valence-corrected chi connectivity index (χ3v) is 2.93. The van der Waals surface area contributed by atoms with Gasteiger partial charge >= 0.3 is 12.1 Å². The molecule has 1 saturated heterocycles. The second-order valence-corrected chi connectivity index (χ2v) is 5.81. The summed E-state index contributed by atoms with van der Waals surface area (Å²) in [5, 5.41) is 8.50. The maximum Gasteiger partial charge on any atom is 0.411 e. The van der Waals surface area contributed by atoms with Crippen molar-refractivity contribution in [1.29, 1.82) is 5.26 Å². The van der Waals surface area contributed by atoms with Gasteiger partial charge in [-0.1, -0.05) is 0 Å². The fourth-order valence-electron chi connectivity index (χ4n) is 2.07. The molecule has 1 fully saturated rings. The lowest BCUT2D eigenvalue weighted by Crippen LogP contribution is -2.44. The summed E-state index contributed by atoms with van der Waals surface area (Å²) in [7, 11) is 1.28. The fourth-order valence-corrected chi connectivity index (χ4v) is 2.07. The first-order chi connectivity index (χ1) is 9.78. The normalized spacial score (nSPS) is 21.8. The highest BCUT2D eigenvalue weighted by atomic mass is 16.6. The molecule has 0 N–H and O–H groups in total. The Kier molecular flexibility index (Phi) is 5.97. The Bertz CT molecular complexity index is 424. The van der Waals surface area contributed by atoms with Crippen LogP contribution in [0.25, 0.3) is 0 Å². The minimum Gasteiger partial charge on any atom is -0.467 e. The Hall–Kier alpha value is -1.81. The van der Waals surface area contributed by atoms with Crippen molar-refractivity contribution in [3.05, 3.63) is 0 Å². The quantitative estimate of drug-likeness (QED) is 0.577. The summed E-state index contributed by atoms with van der Waals surface area (Å²) in [5.74, 6) is -0.493. The van der Waals surface area contributed by atoms with Crippen LogP contribution in [0.15, 0.2) is 0 Å². The van der Waals surface area contributed by atoms with Gasteiger partial charge in [-0.15, -0.1) is 0 Å². The molecular formula is C14H22N2O5. The molecule has 0 radical (unpaired) electrons. The molecule has 1 rings (SSSR count). The highest BCUT2D eigenvalue weighted by Crippen LogP contribution is 2.24. The second-order valence-electron chi connectivity index (χ2n) is 5.81. The molecule has 0 aromatic heterocycles. The van der Waals surface area contributed by atoms with Gasteiger partial charge in [-0.3, -0.25) is 4.90 Å². The molecule has 21 heavy (non-hydrogen) atoms. The average molecular weight is 298 g/mol. The molecule has 2 atom stereocenters. The van der Waals surface area contributed by atoms with Crippen molar-refractivity contribution in [3.8, 4) is 6.07 Å². The summed E-state index contributed by atoms with van der Waals surface area (Å²) in [4.78, 5) is 25.3. The highest BCUT2D eigenvalue weighted by Gasteiger charge is 2.42. The largest absolute Gasteiger partial charge is 0.467 e. The number of carbonyl (C=O) groups is 2. The topological polar surface area (TPSA) is 88.9 Å². The third kappa shape index (κ3) is 5.23. The van der Waals surface area contributed by atoms with Crippen LogP contribution in [0.5, 0.6) is 0 Å². The number of amides is 1. The van der Waals surface area contributed by atoms with E-state index in [4.69, 9.17) is 19.5 Å². The Balaban J connectivity index is 2.71. The van der Waals surface area contributed by atoms with Crippen molar-refractivity contribution in [3.63, 3.8) is 0 Å². The highest BCUT2D eigenvalue weighted by molar-refractivity contribution is 5.82. The van der Waals surface area contributed by atoms with Gasteiger partial charge in [0.15, 0.2) is 0 Å². The van der Waals surface area contributed by atoms with Crippen LogP contribution in [-0.2, 0) is 19.0 Å². The molecule has 118 valence electrons. The lowest BCUT2D eigenvalue weighted by atomic mass is 10.2. The van der Waals surface area contributed by atoms with Crippen LogP contribution in [0.1, 0.15) is 33.6 Å². The third-order valence-electron chi connectivity index (χ3n) is 2.93. The minimum absolute atomic E-state index is 0.250. The number of esters is 1. The van der Waals surface area contributed by atoms with Gasteiger partial charge in [-0.25, -0.2) is 9.59 Å². The number of hydrogen-bond donors (Lipinski definition) is 0. The average Bonchev–Trinajstić information content (AvgIpc) is 2.80. The van der Waals surface area contributed by atoms with Gasteiger partial charge in [0, 0.05) is 6.42 Å². The van der Waals surface area contributed by atoms with Crippen molar-refractivity contribution in [2.75, 3.05) is 20.3 Å². The predicted molar refractivity (Wildman–Crippen MR) is 73.3 cm³/mol. The first-order valence-electron chi connectivity index (χ1n) is 6.84. The van der Waals surface area contributed by atoms with Gasteiger partial charge in [0.1, 0.15) is 11.6 Å². The summed E-state index contributed by atoms with van der Waals surface area (Å²) in [5.41, 5.74) is -0.641. The van der Waals surface area contributed by atoms with E-state index >= 15 is 0 Å². The van der Waals surface area contributed by atoms with E-state index in [1.165, 1.54) is 12.0 Å². The Morgan fingerprint density at radius 2 is 2.05 bits per heavy atom. The van der Waals surface area contributed by atoms with E-state index in [-0.39, 0.29) is 25.7 Å². The van der Waals surface area contributed by atoms with E-state index in [0.29, 0.717) is 6.42 Å². The lowest BCUT2D eigenvalue weighted by Gasteiger charge is -2.27. The first kappa shape index (κ1) is 17.2. The van der Waals surface area contributed by atoms with E-state index < -0.39 is 23.7 Å². The zero-order valence-corrected chi connectivity index (χ0v) is 12.9. The van der Waals surface area contributed by atoms with E-state index in [1.54, 1.807) is 20.8 Å². The molecule has 1 aliphatic heterocycles. The Labute approximate surface area is 124 Å². The van der Waals surface area contributed by atoms with Crippen LogP contribution in [0.4, 0.5) is 4.79 Å². The number of nitrogens with zero attached hydrogens (tertiary/aromatic N) is 2. The van der Waals surface area contributed by atoms with Crippen molar-refractivity contribution in [2.45, 2.75) is 51.4 Å². The van der Waals surface area contributed by atoms with E-state index in [9.17, 15) is 9.59 Å². The zero-order chi connectivity index (χ0) is 16.0. The lowest BCUT2D eigenvalue weighted by molar-refractivity contribution is -0.145. The summed E-state index contributed by atoms with van der Waals surface area (Å²) in [6.07, 6.45) is -0.248. The van der Waals surface area contributed by atoms with E-state index in [2.05, 4.69) is 0 Å². The minimum atomic E-state index is -0.711. The monoisotopic (exact) mass is 298 g/mol. The second kappa shape index (κ2) is 7.27. The van der Waals surface area contributed by atoms with Gasteiger partial charge in [-0.05, 0) is 20.8 Å². The van der Waals surface area contributed by atoms with Gasteiger partial charge in [0.05, 0.1) is 38.9 Å². The van der Waals surface area contributed by atoms with Crippen LogP contribution in [0, 0.1) is 11.3 Å². The summed E-state index contributed by atoms with van der Waals surface area (Å²) >= 11 is 0. The number of ether oxygens (including phenoxy) is 3. The molecule has 0 aromatic rings. The van der Waals surface area contributed by atoms with Crippen LogP contribution >= 0.6 is 0 Å². The summed E-state index contributed by atoms with van der Waals surface area (Å²) in [6, 6.07) is 1.27. The molecule has 1 amide bonds. The number of hydrogen-bond acceptors (Lipinski definition) is 6. The number of carbonyl (C=O) groups excluding carboxylic acids is 2. The summed E-state index contributed by atoms with van der Waals surface area (Å²) in [6.45, 7) is 5.80. The smallest absolute Gasteiger partial charge is 0.411 e. The molecule has 0 bridgehead atoms. The van der Waals surface area contributed by atoms with Crippen LogP contribution in [-0.4, -0.2) is 55.0 Å². The number of methoxy groups -OCH3 is 1. The van der Waals surface area contributed by atoms with E-state index in [1.807, 2.05) is 6.07 Å². The summed E-state index contributed by atoms with van der Waals surface area (Å²) < 4.78 is 15.5. The molecular weight excluding hydrogens is 276 g/mol. The molecule has 7 heteroatoms. The maximum absolute atomic E-state index is 12.2. The van der Waals surface area contributed by atoms with Crippen molar-refractivity contribution < 1.29 is 23.8 Å². The van der Waals surface area contributed by atoms with Crippen molar-refractivity contribution in [1.82, 2.24) is 4.90 Å². The molecule has 1 heterocycles. The van der Waals surface area contributed by atoms with E-state index in [0.717, 1.165) is 0 Å². The molecule has 0 aliphatic carbocycles. The van der Waals surface area contributed by atoms with Gasteiger partial charge in [-0.2, -0.15) is 5.26 Å². The number of rotatable bonds is 4. The number of nitriles is 1. The van der Waals surface area contributed by atoms with Gasteiger partial charge in [0.25, 0.3) is 0 Å². The number of likely N-dealkylation sites (tertiary alicyclic amines) is 1. The molecule has 7 nitrogen and oxygen atoms in total. The zero-order valence-electron chi connectivity index (χ0n) is 12.9. The van der Waals surface area contributed by atoms with Gasteiger partial charge in [0.2, 0.25) is 0 Å². The fraction of sp³-hybridized carbons (Fsp3) is 0.786. The molecule has 0 aromatic carbocycles. The molecule has 1 aliphatic rings. The van der Waals surface area contributed by atoms with Crippen molar-refractivity contribution in [2.24, 2.45) is 0 Å². The standard InChI is InChI=1S/C14H22N2O5/c1-14(2,3)21-13(18)16-9-10(20-7-5-6-15)8-11(16)12(17)19-4/h10-11H,5,7-9H2,1-4H3/t10-,11-/m0/s1. The van der Waals surface area contributed by atoms with Crippen molar-refractivity contribution >= 4 is 12.1 Å². The molecule has 0 saturated carbocycles. The molecule has 0 unspecified atom stereocenters. The SMILES string of the molecule is COC(=O)[C@@H]1C[C@H](OCCC#N)CN1C(=O)OC(C)(C)C.